The van der Waals surface area contributed by atoms with Crippen molar-refractivity contribution < 1.29 is 14.7 Å². The van der Waals surface area contributed by atoms with Gasteiger partial charge in [-0.3, -0.25) is 9.59 Å². The molecule has 5 heteroatoms. The molecule has 0 bridgehead atoms. The van der Waals surface area contributed by atoms with Gasteiger partial charge in [0.25, 0.3) is 0 Å². The predicted molar refractivity (Wildman–Crippen MR) is 140 cm³/mol. The number of nitrogens with one attached hydrogen (secondary N) is 1. The fourth-order valence-corrected chi connectivity index (χ4v) is 6.43. The Morgan fingerprint density at radius 3 is 1.97 bits per heavy atom. The van der Waals surface area contributed by atoms with Crippen molar-refractivity contribution in [1.29, 1.82) is 0 Å². The summed E-state index contributed by atoms with van der Waals surface area (Å²) in [6, 6.07) is 33.4. The number of hydrogen-bond acceptors (Lipinski definition) is 3. The van der Waals surface area contributed by atoms with Crippen molar-refractivity contribution in [3.8, 4) is 0 Å². The SMILES string of the molecule is O=C1c2ccccc2NC(=O)C2C1C(c1ccccc1)C(c1ccc(Cl)cc1)C2(O)c1ccccc1. The van der Waals surface area contributed by atoms with Gasteiger partial charge in [0.1, 0.15) is 5.60 Å². The molecule has 5 atom stereocenters. The van der Waals surface area contributed by atoms with Crippen molar-refractivity contribution in [2.45, 2.75) is 17.4 Å². The van der Waals surface area contributed by atoms with Gasteiger partial charge in [0, 0.05) is 28.3 Å². The van der Waals surface area contributed by atoms with Crippen molar-refractivity contribution in [3.63, 3.8) is 0 Å². The number of para-hydroxylation sites is 1. The zero-order valence-corrected chi connectivity index (χ0v) is 20.1. The number of fused-ring (bicyclic) bond motifs is 2. The van der Waals surface area contributed by atoms with Crippen LogP contribution in [-0.2, 0) is 10.4 Å². The Morgan fingerprint density at radius 2 is 1.28 bits per heavy atom. The minimum atomic E-state index is -1.65. The minimum Gasteiger partial charge on any atom is -0.384 e. The average Bonchev–Trinajstić information content (AvgIpc) is 3.14. The molecule has 2 N–H and O–H groups in total. The number of Topliss-reactive ketones (excluding diaryl/α,β-unsaturated/α-hetero) is 1. The van der Waals surface area contributed by atoms with E-state index in [1.165, 1.54) is 0 Å². The highest BCUT2D eigenvalue weighted by molar-refractivity contribution is 6.30. The lowest BCUT2D eigenvalue weighted by Crippen LogP contribution is -2.44. The molecule has 0 spiro atoms. The molecular weight excluding hydrogens is 470 g/mol. The monoisotopic (exact) mass is 493 g/mol. The summed E-state index contributed by atoms with van der Waals surface area (Å²) in [6.45, 7) is 0. The van der Waals surface area contributed by atoms with E-state index in [2.05, 4.69) is 5.32 Å². The van der Waals surface area contributed by atoms with E-state index in [0.29, 0.717) is 21.8 Å². The van der Waals surface area contributed by atoms with Crippen LogP contribution in [0.4, 0.5) is 5.69 Å². The molecule has 0 aromatic heterocycles. The molecule has 1 amide bonds. The summed E-state index contributed by atoms with van der Waals surface area (Å²) < 4.78 is 0. The molecule has 4 nitrogen and oxygen atoms in total. The fourth-order valence-electron chi connectivity index (χ4n) is 6.30. The smallest absolute Gasteiger partial charge is 0.231 e. The Labute approximate surface area is 214 Å². The molecule has 6 rings (SSSR count). The van der Waals surface area contributed by atoms with Gasteiger partial charge in [-0.05, 0) is 41.0 Å². The van der Waals surface area contributed by atoms with Crippen molar-refractivity contribution >= 4 is 29.0 Å². The van der Waals surface area contributed by atoms with Crippen molar-refractivity contribution in [2.24, 2.45) is 11.8 Å². The number of carbonyl (C=O) groups is 2. The van der Waals surface area contributed by atoms with Crippen LogP contribution in [0, 0.1) is 11.8 Å². The van der Waals surface area contributed by atoms with Crippen LogP contribution in [0.2, 0.25) is 5.02 Å². The second-order valence-corrected chi connectivity index (χ2v) is 10.00. The van der Waals surface area contributed by atoms with Gasteiger partial charge in [0.2, 0.25) is 5.91 Å². The average molecular weight is 494 g/mol. The van der Waals surface area contributed by atoms with Crippen molar-refractivity contribution in [3.05, 3.63) is 136 Å². The third-order valence-electron chi connectivity index (χ3n) is 7.74. The van der Waals surface area contributed by atoms with E-state index in [-0.39, 0.29) is 11.7 Å². The van der Waals surface area contributed by atoms with E-state index in [0.717, 1.165) is 11.1 Å². The highest BCUT2D eigenvalue weighted by atomic mass is 35.5. The number of hydrogen-bond donors (Lipinski definition) is 2. The second-order valence-electron chi connectivity index (χ2n) is 9.56. The molecule has 4 aromatic carbocycles. The summed E-state index contributed by atoms with van der Waals surface area (Å²) >= 11 is 6.23. The van der Waals surface area contributed by atoms with Crippen LogP contribution in [0.25, 0.3) is 0 Å². The van der Waals surface area contributed by atoms with Gasteiger partial charge in [-0.25, -0.2) is 0 Å². The van der Waals surface area contributed by atoms with Crippen LogP contribution < -0.4 is 5.32 Å². The first-order valence-corrected chi connectivity index (χ1v) is 12.4. The third-order valence-corrected chi connectivity index (χ3v) is 7.99. The van der Waals surface area contributed by atoms with Gasteiger partial charge in [0.05, 0.1) is 11.6 Å². The van der Waals surface area contributed by atoms with Crippen LogP contribution in [-0.4, -0.2) is 16.8 Å². The van der Waals surface area contributed by atoms with Gasteiger partial charge in [-0.2, -0.15) is 0 Å². The maximum Gasteiger partial charge on any atom is 0.231 e. The number of halogens is 1. The first-order valence-electron chi connectivity index (χ1n) is 12.0. The minimum absolute atomic E-state index is 0.145. The lowest BCUT2D eigenvalue weighted by molar-refractivity contribution is -0.130. The molecule has 5 unspecified atom stereocenters. The second kappa shape index (κ2) is 8.74. The van der Waals surface area contributed by atoms with E-state index in [1.54, 1.807) is 36.4 Å². The Hall–Kier alpha value is -3.73. The molecule has 0 saturated heterocycles. The summed E-state index contributed by atoms with van der Waals surface area (Å²) in [5.74, 6) is -3.31. The van der Waals surface area contributed by atoms with E-state index in [1.807, 2.05) is 72.8 Å². The summed E-state index contributed by atoms with van der Waals surface area (Å²) in [5, 5.41) is 16.4. The molecule has 0 radical (unpaired) electrons. The molecule has 36 heavy (non-hydrogen) atoms. The maximum atomic E-state index is 14.3. The van der Waals surface area contributed by atoms with E-state index >= 15 is 0 Å². The topological polar surface area (TPSA) is 66.4 Å². The number of aliphatic hydroxyl groups is 1. The number of amides is 1. The normalized spacial score (nSPS) is 27.1. The van der Waals surface area contributed by atoms with Gasteiger partial charge >= 0.3 is 0 Å². The number of anilines is 1. The Kier molecular flexibility index (Phi) is 5.51. The van der Waals surface area contributed by atoms with E-state index in [9.17, 15) is 14.7 Å². The Balaban J connectivity index is 1.67. The molecule has 1 heterocycles. The third kappa shape index (κ3) is 3.41. The highest BCUT2D eigenvalue weighted by Gasteiger charge is 2.66. The summed E-state index contributed by atoms with van der Waals surface area (Å²) in [6.07, 6.45) is 0. The Bertz CT molecular complexity index is 1440. The standard InChI is InChI=1S/C31H24ClNO3/c32-22-17-15-20(16-18-22)27-25(19-9-3-1-4-10-19)26-28(31(27,36)21-11-5-2-6-12-21)30(35)33-24-14-8-7-13-23(24)29(26)34/h1-18,25-28,36H,(H,33,35). The molecule has 1 aliphatic heterocycles. The zero-order chi connectivity index (χ0) is 24.9. The van der Waals surface area contributed by atoms with Gasteiger partial charge in [-0.15, -0.1) is 0 Å². The molecule has 1 fully saturated rings. The largest absolute Gasteiger partial charge is 0.384 e. The lowest BCUT2D eigenvalue weighted by atomic mass is 9.72. The van der Waals surface area contributed by atoms with Crippen LogP contribution >= 0.6 is 11.6 Å². The molecule has 2 aliphatic rings. The molecule has 4 aromatic rings. The van der Waals surface area contributed by atoms with Crippen LogP contribution in [0.3, 0.4) is 0 Å². The number of ketones is 1. The van der Waals surface area contributed by atoms with Crippen molar-refractivity contribution in [2.75, 3.05) is 5.32 Å². The maximum absolute atomic E-state index is 14.3. The zero-order valence-electron chi connectivity index (χ0n) is 19.3. The first-order chi connectivity index (χ1) is 17.5. The fraction of sp³-hybridized carbons (Fsp3) is 0.161. The van der Waals surface area contributed by atoms with Gasteiger partial charge in [0.15, 0.2) is 5.78 Å². The molecule has 1 aliphatic carbocycles. The van der Waals surface area contributed by atoms with E-state index in [4.69, 9.17) is 11.6 Å². The highest BCUT2D eigenvalue weighted by Crippen LogP contribution is 2.63. The van der Waals surface area contributed by atoms with Gasteiger partial charge in [-0.1, -0.05) is 96.5 Å². The molecule has 178 valence electrons. The molecule has 1 saturated carbocycles. The summed E-state index contributed by atoms with van der Waals surface area (Å²) in [7, 11) is 0. The first kappa shape index (κ1) is 22.7. The number of rotatable bonds is 3. The van der Waals surface area contributed by atoms with Crippen LogP contribution in [0.1, 0.15) is 38.9 Å². The van der Waals surface area contributed by atoms with E-state index < -0.39 is 29.3 Å². The van der Waals surface area contributed by atoms with Crippen LogP contribution in [0.15, 0.2) is 109 Å². The lowest BCUT2D eigenvalue weighted by Gasteiger charge is -2.37. The van der Waals surface area contributed by atoms with Gasteiger partial charge < -0.3 is 10.4 Å². The van der Waals surface area contributed by atoms with Crippen molar-refractivity contribution in [1.82, 2.24) is 0 Å². The number of carbonyl (C=O) groups excluding carboxylic acids is 2. The summed E-state index contributed by atoms with van der Waals surface area (Å²) in [4.78, 5) is 28.2. The Morgan fingerprint density at radius 1 is 0.667 bits per heavy atom. The summed E-state index contributed by atoms with van der Waals surface area (Å²) in [5.41, 5.74) is 1.62. The quantitative estimate of drug-likeness (QED) is 0.358. The number of benzene rings is 4. The predicted octanol–water partition coefficient (Wildman–Crippen LogP) is 6.18. The van der Waals surface area contributed by atoms with Crippen LogP contribution in [0.5, 0.6) is 0 Å². The molecular formula is C31H24ClNO3.